The molecule has 0 atom stereocenters. The van der Waals surface area contributed by atoms with Gasteiger partial charge in [0.2, 0.25) is 5.91 Å². The van der Waals surface area contributed by atoms with Crippen molar-refractivity contribution in [1.82, 2.24) is 10.6 Å². The van der Waals surface area contributed by atoms with Gasteiger partial charge in [-0.1, -0.05) is 35.9 Å². The van der Waals surface area contributed by atoms with Gasteiger partial charge in [0.25, 0.3) is 5.91 Å². The summed E-state index contributed by atoms with van der Waals surface area (Å²) >= 11 is 5.91. The average Bonchev–Trinajstić information content (AvgIpc) is 2.65. The molecule has 0 saturated heterocycles. The van der Waals surface area contributed by atoms with Crippen LogP contribution in [0.2, 0.25) is 5.02 Å². The fourth-order valence-corrected chi connectivity index (χ4v) is 2.50. The molecule has 6 nitrogen and oxygen atoms in total. The van der Waals surface area contributed by atoms with Gasteiger partial charge in [-0.25, -0.2) is 4.79 Å². The predicted molar refractivity (Wildman–Crippen MR) is 102 cm³/mol. The Morgan fingerprint density at radius 2 is 1.74 bits per heavy atom. The van der Waals surface area contributed by atoms with E-state index in [0.29, 0.717) is 30.1 Å². The molecule has 2 rings (SSSR count). The number of amides is 2. The summed E-state index contributed by atoms with van der Waals surface area (Å²) in [6, 6.07) is 14.0. The number of benzene rings is 2. The minimum Gasteiger partial charge on any atom is -0.452 e. The first kappa shape index (κ1) is 20.5. The molecule has 0 aromatic heterocycles. The van der Waals surface area contributed by atoms with E-state index < -0.39 is 5.97 Å². The molecule has 0 saturated carbocycles. The lowest BCUT2D eigenvalue weighted by molar-refractivity contribution is -0.124. The summed E-state index contributed by atoms with van der Waals surface area (Å²) in [4.78, 5) is 34.6. The van der Waals surface area contributed by atoms with Crippen molar-refractivity contribution < 1.29 is 19.1 Å². The lowest BCUT2D eigenvalue weighted by Crippen LogP contribution is -2.30. The zero-order valence-corrected chi connectivity index (χ0v) is 15.7. The van der Waals surface area contributed by atoms with Crippen LogP contribution in [0.4, 0.5) is 0 Å². The van der Waals surface area contributed by atoms with E-state index >= 15 is 0 Å². The summed E-state index contributed by atoms with van der Waals surface area (Å²) in [5.41, 5.74) is 2.22. The first-order valence-electron chi connectivity index (χ1n) is 8.45. The Hall–Kier alpha value is -2.86. The Kier molecular flexibility index (Phi) is 7.82. The number of halogens is 1. The highest BCUT2D eigenvalue weighted by molar-refractivity contribution is 6.30. The number of hydrogen-bond donors (Lipinski definition) is 2. The molecule has 0 radical (unpaired) electrons. The molecule has 0 aliphatic carbocycles. The van der Waals surface area contributed by atoms with E-state index in [1.807, 2.05) is 18.2 Å². The lowest BCUT2D eigenvalue weighted by atomic mass is 10.1. The summed E-state index contributed by atoms with van der Waals surface area (Å²) in [7, 11) is 0. The van der Waals surface area contributed by atoms with Crippen molar-refractivity contribution in [2.75, 3.05) is 13.2 Å². The number of esters is 1. The molecule has 7 heteroatoms. The monoisotopic (exact) mass is 388 g/mol. The second-order valence-electron chi connectivity index (χ2n) is 5.91. The maximum atomic E-state index is 12.0. The van der Waals surface area contributed by atoms with Crippen molar-refractivity contribution in [3.63, 3.8) is 0 Å². The smallest absolute Gasteiger partial charge is 0.338 e. The maximum Gasteiger partial charge on any atom is 0.338 e. The fraction of sp³-hybridized carbons (Fsp3) is 0.250. The Labute approximate surface area is 162 Å². The Balaban J connectivity index is 1.71. The number of carbonyl (C=O) groups excluding carboxylic acids is 3. The van der Waals surface area contributed by atoms with Crippen LogP contribution in [0, 0.1) is 0 Å². The van der Waals surface area contributed by atoms with Gasteiger partial charge < -0.3 is 15.4 Å². The van der Waals surface area contributed by atoms with E-state index in [0.717, 1.165) is 11.1 Å². The Bertz CT molecular complexity index is 806. The fourth-order valence-electron chi connectivity index (χ4n) is 2.29. The molecule has 2 aromatic rings. The third-order valence-corrected chi connectivity index (χ3v) is 3.93. The van der Waals surface area contributed by atoms with Crippen molar-refractivity contribution >= 4 is 29.4 Å². The zero-order chi connectivity index (χ0) is 19.6. The highest BCUT2D eigenvalue weighted by Gasteiger charge is 2.10. The SMILES string of the molecule is CC(=O)NCc1ccc(C(=O)OCC(=O)NCCc2cccc(Cl)c2)cc1. The van der Waals surface area contributed by atoms with Crippen molar-refractivity contribution in [3.05, 3.63) is 70.2 Å². The molecule has 0 heterocycles. The van der Waals surface area contributed by atoms with E-state index in [1.54, 1.807) is 30.3 Å². The molecule has 0 bridgehead atoms. The van der Waals surface area contributed by atoms with Crippen molar-refractivity contribution in [1.29, 1.82) is 0 Å². The number of nitrogens with one attached hydrogen (secondary N) is 2. The zero-order valence-electron chi connectivity index (χ0n) is 15.0. The summed E-state index contributed by atoms with van der Waals surface area (Å²) in [5.74, 6) is -1.07. The maximum absolute atomic E-state index is 12.0. The molecule has 0 unspecified atom stereocenters. The minimum atomic E-state index is -0.578. The molecule has 2 aromatic carbocycles. The highest BCUT2D eigenvalue weighted by atomic mass is 35.5. The summed E-state index contributed by atoms with van der Waals surface area (Å²) < 4.78 is 5.01. The van der Waals surface area contributed by atoms with E-state index in [9.17, 15) is 14.4 Å². The standard InChI is InChI=1S/C20H21ClN2O4/c1-14(24)23-12-16-5-7-17(8-6-16)20(26)27-13-19(25)22-10-9-15-3-2-4-18(21)11-15/h2-8,11H,9-10,12-13H2,1H3,(H,22,25)(H,23,24). The van der Waals surface area contributed by atoms with Gasteiger partial charge in [0.1, 0.15) is 0 Å². The van der Waals surface area contributed by atoms with Crippen LogP contribution in [-0.4, -0.2) is 30.9 Å². The normalized spacial score (nSPS) is 10.1. The topological polar surface area (TPSA) is 84.5 Å². The minimum absolute atomic E-state index is 0.125. The molecule has 2 amide bonds. The second-order valence-corrected chi connectivity index (χ2v) is 6.35. The van der Waals surface area contributed by atoms with Crippen LogP contribution in [-0.2, 0) is 27.3 Å². The van der Waals surface area contributed by atoms with Gasteiger partial charge in [0, 0.05) is 25.0 Å². The first-order valence-corrected chi connectivity index (χ1v) is 8.83. The lowest BCUT2D eigenvalue weighted by Gasteiger charge is -2.08. The average molecular weight is 389 g/mol. The van der Waals surface area contributed by atoms with Crippen LogP contribution in [0.3, 0.4) is 0 Å². The number of rotatable bonds is 8. The van der Waals surface area contributed by atoms with Crippen LogP contribution >= 0.6 is 11.6 Å². The van der Waals surface area contributed by atoms with Gasteiger partial charge in [0.15, 0.2) is 6.61 Å². The van der Waals surface area contributed by atoms with Crippen molar-refractivity contribution in [2.24, 2.45) is 0 Å². The van der Waals surface area contributed by atoms with Gasteiger partial charge >= 0.3 is 5.97 Å². The van der Waals surface area contributed by atoms with Crippen molar-refractivity contribution in [2.45, 2.75) is 19.9 Å². The van der Waals surface area contributed by atoms with Gasteiger partial charge in [-0.15, -0.1) is 0 Å². The number of carbonyl (C=O) groups is 3. The van der Waals surface area contributed by atoms with Crippen LogP contribution in [0.15, 0.2) is 48.5 Å². The van der Waals surface area contributed by atoms with Gasteiger partial charge in [-0.05, 0) is 41.8 Å². The van der Waals surface area contributed by atoms with Crippen molar-refractivity contribution in [3.8, 4) is 0 Å². The first-order chi connectivity index (χ1) is 12.9. The largest absolute Gasteiger partial charge is 0.452 e. The highest BCUT2D eigenvalue weighted by Crippen LogP contribution is 2.10. The second kappa shape index (κ2) is 10.3. The summed E-state index contributed by atoms with van der Waals surface area (Å²) in [6.07, 6.45) is 0.635. The Morgan fingerprint density at radius 1 is 1.00 bits per heavy atom. The molecule has 0 fully saturated rings. The van der Waals surface area contributed by atoms with Crippen LogP contribution in [0.5, 0.6) is 0 Å². The van der Waals surface area contributed by atoms with Crippen LogP contribution in [0.25, 0.3) is 0 Å². The van der Waals surface area contributed by atoms with Gasteiger partial charge in [0.05, 0.1) is 5.56 Å². The third-order valence-electron chi connectivity index (χ3n) is 3.69. The van der Waals surface area contributed by atoms with Crippen LogP contribution < -0.4 is 10.6 Å². The third kappa shape index (κ3) is 7.50. The molecule has 0 aliphatic heterocycles. The number of ether oxygens (including phenoxy) is 1. The molecule has 0 spiro atoms. The van der Waals surface area contributed by atoms with E-state index in [4.69, 9.17) is 16.3 Å². The van der Waals surface area contributed by atoms with Gasteiger partial charge in [-0.3, -0.25) is 9.59 Å². The van der Waals surface area contributed by atoms with E-state index in [2.05, 4.69) is 10.6 Å². The molecular formula is C20H21ClN2O4. The van der Waals surface area contributed by atoms with Crippen LogP contribution in [0.1, 0.15) is 28.4 Å². The van der Waals surface area contributed by atoms with E-state index in [-0.39, 0.29) is 18.4 Å². The molecule has 27 heavy (non-hydrogen) atoms. The summed E-state index contributed by atoms with van der Waals surface area (Å²) in [5, 5.41) is 6.01. The quantitative estimate of drug-likeness (QED) is 0.680. The molecule has 142 valence electrons. The molecular weight excluding hydrogens is 368 g/mol. The van der Waals surface area contributed by atoms with Gasteiger partial charge in [-0.2, -0.15) is 0 Å². The predicted octanol–water partition coefficient (Wildman–Crippen LogP) is 2.49. The molecule has 0 aliphatic rings. The molecule has 2 N–H and O–H groups in total. The number of hydrogen-bond acceptors (Lipinski definition) is 4. The Morgan fingerprint density at radius 3 is 2.41 bits per heavy atom. The van der Waals surface area contributed by atoms with E-state index in [1.165, 1.54) is 6.92 Å². The summed E-state index contributed by atoms with van der Waals surface area (Å²) in [6.45, 7) is 1.90.